The zero-order valence-electron chi connectivity index (χ0n) is 15.7. The second-order valence-corrected chi connectivity index (χ2v) is 6.59. The number of hydrogen-bond donors (Lipinski definition) is 0. The molecule has 0 atom stereocenters. The second-order valence-electron chi connectivity index (χ2n) is 6.59. The lowest BCUT2D eigenvalue weighted by atomic mass is 9.96. The molecule has 3 rings (SSSR count). The summed E-state index contributed by atoms with van der Waals surface area (Å²) in [7, 11) is 1.38. The lowest BCUT2D eigenvalue weighted by molar-refractivity contribution is -0.385. The largest absolute Gasteiger partial charge is 0.496 e. The van der Waals surface area contributed by atoms with Crippen LogP contribution in [-0.2, 0) is 4.79 Å². The van der Waals surface area contributed by atoms with E-state index in [2.05, 4.69) is 0 Å². The van der Waals surface area contributed by atoms with Crippen molar-refractivity contribution in [2.24, 2.45) is 5.92 Å². The minimum absolute atomic E-state index is 0.148. The van der Waals surface area contributed by atoms with Gasteiger partial charge < -0.3 is 14.4 Å². The molecule has 0 radical (unpaired) electrons. The molecule has 1 amide bonds. The highest BCUT2D eigenvalue weighted by Crippen LogP contribution is 2.32. The van der Waals surface area contributed by atoms with E-state index >= 15 is 0 Å². The van der Waals surface area contributed by atoms with E-state index in [1.807, 2.05) is 0 Å². The number of carbonyl (C=O) groups excluding carboxylic acids is 2. The number of piperidine rings is 1. The fourth-order valence-corrected chi connectivity index (χ4v) is 3.14. The molecule has 2 aromatic rings. The highest BCUT2D eigenvalue weighted by atomic mass is 19.1. The highest BCUT2D eigenvalue weighted by Gasteiger charge is 2.30. The SMILES string of the molecule is COc1ccc(OC(=O)C2CCN(C(=O)c3ccc(F)cc3)CC2)c([N+](=O)[O-])c1. The third-order valence-corrected chi connectivity index (χ3v) is 4.78. The van der Waals surface area contributed by atoms with Crippen LogP contribution in [0.3, 0.4) is 0 Å². The number of methoxy groups -OCH3 is 1. The smallest absolute Gasteiger partial charge is 0.315 e. The quantitative estimate of drug-likeness (QED) is 0.330. The molecule has 1 saturated heterocycles. The molecule has 0 saturated carbocycles. The van der Waals surface area contributed by atoms with Crippen LogP contribution < -0.4 is 9.47 Å². The number of hydrogen-bond acceptors (Lipinski definition) is 6. The summed E-state index contributed by atoms with van der Waals surface area (Å²) in [5.74, 6) is -1.57. The third-order valence-electron chi connectivity index (χ3n) is 4.78. The predicted octanol–water partition coefficient (Wildman–Crippen LogP) is 3.20. The molecule has 8 nitrogen and oxygen atoms in total. The van der Waals surface area contributed by atoms with Crippen LogP contribution in [0.5, 0.6) is 11.5 Å². The molecule has 1 aliphatic rings. The minimum atomic E-state index is -0.644. The van der Waals surface area contributed by atoms with Gasteiger partial charge in [0.25, 0.3) is 5.91 Å². The summed E-state index contributed by atoms with van der Waals surface area (Å²) < 4.78 is 23.2. The monoisotopic (exact) mass is 402 g/mol. The Hall–Kier alpha value is -3.49. The molecule has 0 spiro atoms. The first-order valence-corrected chi connectivity index (χ1v) is 8.98. The number of carbonyl (C=O) groups is 2. The number of benzene rings is 2. The van der Waals surface area contributed by atoms with Crippen LogP contribution in [0.4, 0.5) is 10.1 Å². The van der Waals surface area contributed by atoms with Crippen LogP contribution in [0.15, 0.2) is 42.5 Å². The number of amides is 1. The number of halogens is 1. The number of likely N-dealkylation sites (tertiary alicyclic amines) is 1. The second kappa shape index (κ2) is 8.68. The number of ether oxygens (including phenoxy) is 2. The van der Waals surface area contributed by atoms with Crippen molar-refractivity contribution >= 4 is 17.6 Å². The molecule has 0 aromatic heterocycles. The molecule has 1 heterocycles. The molecule has 0 bridgehead atoms. The number of esters is 1. The number of nitro benzene ring substituents is 1. The van der Waals surface area contributed by atoms with Gasteiger partial charge in [-0.25, -0.2) is 4.39 Å². The Kier molecular flexibility index (Phi) is 6.06. The summed E-state index contributed by atoms with van der Waals surface area (Å²) in [6.07, 6.45) is 0.742. The van der Waals surface area contributed by atoms with Crippen LogP contribution in [0.25, 0.3) is 0 Å². The summed E-state index contributed by atoms with van der Waals surface area (Å²) >= 11 is 0. The molecule has 9 heteroatoms. The molecular formula is C20H19FN2O6. The summed E-state index contributed by atoms with van der Waals surface area (Å²) in [6.45, 7) is 0.668. The van der Waals surface area contributed by atoms with Crippen LogP contribution in [0.2, 0.25) is 0 Å². The fraction of sp³-hybridized carbons (Fsp3) is 0.300. The Bertz CT molecular complexity index is 923. The van der Waals surface area contributed by atoms with Gasteiger partial charge in [0.2, 0.25) is 5.75 Å². The van der Waals surface area contributed by atoms with Gasteiger partial charge in [0, 0.05) is 18.7 Å². The van der Waals surface area contributed by atoms with Crippen LogP contribution in [0, 0.1) is 21.8 Å². The summed E-state index contributed by atoms with van der Waals surface area (Å²) in [5, 5.41) is 11.2. The van der Waals surface area contributed by atoms with Crippen molar-refractivity contribution in [2.75, 3.05) is 20.2 Å². The fourth-order valence-electron chi connectivity index (χ4n) is 3.14. The van der Waals surface area contributed by atoms with Crippen LogP contribution in [-0.4, -0.2) is 41.9 Å². The highest BCUT2D eigenvalue weighted by molar-refractivity contribution is 5.94. The summed E-state index contributed by atoms with van der Waals surface area (Å²) in [5.41, 5.74) is 0.0166. The normalized spacial score (nSPS) is 14.3. The Morgan fingerprint density at radius 2 is 1.79 bits per heavy atom. The van der Waals surface area contributed by atoms with Crippen molar-refractivity contribution in [3.8, 4) is 11.5 Å². The van der Waals surface area contributed by atoms with Gasteiger partial charge in [0.1, 0.15) is 11.6 Å². The number of nitro groups is 1. The Morgan fingerprint density at radius 3 is 2.38 bits per heavy atom. The van der Waals surface area contributed by atoms with E-state index in [-0.39, 0.29) is 23.1 Å². The van der Waals surface area contributed by atoms with Crippen molar-refractivity contribution in [3.63, 3.8) is 0 Å². The van der Waals surface area contributed by atoms with E-state index in [0.717, 1.165) is 0 Å². The number of rotatable bonds is 5. The molecule has 1 fully saturated rings. The average molecular weight is 402 g/mol. The van der Waals surface area contributed by atoms with E-state index in [1.54, 1.807) is 4.90 Å². The summed E-state index contributed by atoms with van der Waals surface area (Å²) in [6, 6.07) is 9.26. The first kappa shape index (κ1) is 20.2. The van der Waals surface area contributed by atoms with E-state index in [4.69, 9.17) is 9.47 Å². The van der Waals surface area contributed by atoms with Gasteiger partial charge in [-0.2, -0.15) is 0 Å². The molecule has 29 heavy (non-hydrogen) atoms. The van der Waals surface area contributed by atoms with Gasteiger partial charge in [-0.15, -0.1) is 0 Å². The van der Waals surface area contributed by atoms with Crippen molar-refractivity contribution in [1.82, 2.24) is 4.90 Å². The van der Waals surface area contributed by atoms with E-state index in [1.165, 1.54) is 49.6 Å². The molecule has 1 aliphatic heterocycles. The minimum Gasteiger partial charge on any atom is -0.496 e. The van der Waals surface area contributed by atoms with Crippen molar-refractivity contribution in [2.45, 2.75) is 12.8 Å². The Morgan fingerprint density at radius 1 is 1.14 bits per heavy atom. The van der Waals surface area contributed by atoms with Gasteiger partial charge in [-0.05, 0) is 49.2 Å². The molecule has 0 N–H and O–H groups in total. The van der Waals surface area contributed by atoms with Gasteiger partial charge >= 0.3 is 11.7 Å². The first-order valence-electron chi connectivity index (χ1n) is 8.98. The average Bonchev–Trinajstić information content (AvgIpc) is 2.74. The molecular weight excluding hydrogens is 383 g/mol. The maximum atomic E-state index is 13.0. The maximum absolute atomic E-state index is 13.0. The van der Waals surface area contributed by atoms with Crippen molar-refractivity contribution < 1.29 is 28.4 Å². The molecule has 2 aromatic carbocycles. The van der Waals surface area contributed by atoms with E-state index < -0.39 is 22.6 Å². The third kappa shape index (κ3) is 4.68. The van der Waals surface area contributed by atoms with Gasteiger partial charge in [-0.1, -0.05) is 0 Å². The number of nitrogens with zero attached hydrogens (tertiary/aromatic N) is 2. The summed E-state index contributed by atoms with van der Waals surface area (Å²) in [4.78, 5) is 37.1. The van der Waals surface area contributed by atoms with E-state index in [9.17, 15) is 24.1 Å². The lowest BCUT2D eigenvalue weighted by Gasteiger charge is -2.30. The van der Waals surface area contributed by atoms with Crippen molar-refractivity contribution in [1.29, 1.82) is 0 Å². The lowest BCUT2D eigenvalue weighted by Crippen LogP contribution is -2.41. The van der Waals surface area contributed by atoms with Crippen LogP contribution in [0.1, 0.15) is 23.2 Å². The van der Waals surface area contributed by atoms with Gasteiger partial charge in [-0.3, -0.25) is 19.7 Å². The van der Waals surface area contributed by atoms with Gasteiger partial charge in [0.15, 0.2) is 0 Å². The zero-order valence-corrected chi connectivity index (χ0v) is 15.7. The predicted molar refractivity (Wildman–Crippen MR) is 100 cm³/mol. The molecule has 152 valence electrons. The standard InChI is InChI=1S/C20H19FN2O6/c1-28-16-6-7-18(17(12-16)23(26)27)29-20(25)14-8-10-22(11-9-14)19(24)13-2-4-15(21)5-3-13/h2-7,12,14H,8-11H2,1H3. The van der Waals surface area contributed by atoms with Crippen molar-refractivity contribution in [3.05, 3.63) is 64.0 Å². The molecule has 0 aliphatic carbocycles. The first-order chi connectivity index (χ1) is 13.9. The Balaban J connectivity index is 1.61. The topological polar surface area (TPSA) is 99.0 Å². The van der Waals surface area contributed by atoms with E-state index in [0.29, 0.717) is 31.5 Å². The van der Waals surface area contributed by atoms with Gasteiger partial charge in [0.05, 0.1) is 24.0 Å². The zero-order chi connectivity index (χ0) is 21.0. The Labute approximate surface area is 166 Å². The molecule has 0 unspecified atom stereocenters. The van der Waals surface area contributed by atoms with Crippen LogP contribution >= 0.6 is 0 Å². The maximum Gasteiger partial charge on any atom is 0.315 e.